The van der Waals surface area contributed by atoms with Gasteiger partial charge in [-0.05, 0) is 0 Å². The molecule has 0 saturated carbocycles. The van der Waals surface area contributed by atoms with Gasteiger partial charge in [-0.15, -0.1) is 0 Å². The Morgan fingerprint density at radius 1 is 1.00 bits per heavy atom. The molecule has 0 spiro atoms. The summed E-state index contributed by atoms with van der Waals surface area (Å²) in [5.41, 5.74) is 0. The summed E-state index contributed by atoms with van der Waals surface area (Å²) in [6.45, 7) is 0. The Morgan fingerprint density at radius 3 is 1.00 bits per heavy atom. The van der Waals surface area contributed by atoms with Crippen LogP contribution in [0.3, 0.4) is 0 Å². The van der Waals surface area contributed by atoms with E-state index in [1.54, 1.807) is 0 Å². The largest absolute Gasteiger partial charge is 0 e. The fourth-order valence-electron chi connectivity index (χ4n) is 0. The van der Waals surface area contributed by atoms with Crippen molar-refractivity contribution in [2.75, 3.05) is 0 Å². The molecule has 4 heavy (non-hydrogen) atoms. The van der Waals surface area contributed by atoms with E-state index in [9.17, 15) is 0 Å². The maximum absolute atomic E-state index is 0. The molecule has 0 nitrogen and oxygen atoms in total. The zero-order valence-corrected chi connectivity index (χ0v) is 9.04. The summed E-state index contributed by atoms with van der Waals surface area (Å²) >= 11 is 0. The molecule has 22 valence electrons. The summed E-state index contributed by atoms with van der Waals surface area (Å²) in [6, 6.07) is 0. The quantitative estimate of drug-likeness (QED) is 0.551. The first-order valence-corrected chi connectivity index (χ1v) is 0. The predicted octanol–water partition coefficient (Wildman–Crippen LogP) is -0.0100. The van der Waals surface area contributed by atoms with E-state index in [2.05, 4.69) is 0 Å². The van der Waals surface area contributed by atoms with Crippen LogP contribution in [0, 0.1) is 0 Å². The number of hydrogen-bond donors (Lipinski definition) is 0. The normalized spacial score (nSPS) is 0. The van der Waals surface area contributed by atoms with E-state index in [1.165, 1.54) is 0 Å². The van der Waals surface area contributed by atoms with Crippen LogP contribution in [0.4, 0.5) is 0 Å². The Balaban J connectivity index is 0. The van der Waals surface area contributed by atoms with Crippen LogP contribution in [0.15, 0.2) is 0 Å². The maximum atomic E-state index is 0. The summed E-state index contributed by atoms with van der Waals surface area (Å²) in [6.07, 6.45) is 0. The summed E-state index contributed by atoms with van der Waals surface area (Å²) in [4.78, 5) is 0. The zero-order valence-electron chi connectivity index (χ0n) is 1.78. The van der Waals surface area contributed by atoms with Crippen molar-refractivity contribution in [1.29, 1.82) is 0 Å². The minimum Gasteiger partial charge on any atom is 0 e. The minimum atomic E-state index is 0. The molecule has 0 aromatic heterocycles. The first kappa shape index (κ1) is 28.9. The summed E-state index contributed by atoms with van der Waals surface area (Å²) in [7, 11) is 0. The van der Waals surface area contributed by atoms with Crippen molar-refractivity contribution in [2.24, 2.45) is 0 Å². The zero-order chi connectivity index (χ0) is 0. The second-order valence-electron chi connectivity index (χ2n) is 0. The van der Waals surface area contributed by atoms with Crippen LogP contribution >= 0.6 is 0 Å². The van der Waals surface area contributed by atoms with Crippen molar-refractivity contribution in [3.8, 4) is 0 Å². The van der Waals surface area contributed by atoms with Gasteiger partial charge in [-0.25, -0.2) is 0 Å². The van der Waals surface area contributed by atoms with Crippen LogP contribution < -0.4 is 0 Å². The van der Waals surface area contributed by atoms with Gasteiger partial charge in [0.15, 0.2) is 0 Å². The molecule has 0 amide bonds. The molecule has 0 heterocycles. The van der Waals surface area contributed by atoms with E-state index in [4.69, 9.17) is 0 Å². The van der Waals surface area contributed by atoms with Crippen LogP contribution in [0.25, 0.3) is 0 Å². The molecule has 2 radical (unpaired) electrons. The molecule has 0 unspecified atom stereocenters. The summed E-state index contributed by atoms with van der Waals surface area (Å²) < 4.78 is 0. The van der Waals surface area contributed by atoms with E-state index in [1.807, 2.05) is 0 Å². The number of hydrogen-bond acceptors (Lipinski definition) is 0. The van der Waals surface area contributed by atoms with E-state index in [0.717, 1.165) is 0 Å². The van der Waals surface area contributed by atoms with E-state index >= 15 is 0 Å². The Labute approximate surface area is 85.6 Å². The molecular formula is CoNbTiZr. The van der Waals surface area contributed by atoms with Gasteiger partial charge in [-0.1, -0.05) is 0 Å². The van der Waals surface area contributed by atoms with Gasteiger partial charge in [0, 0.05) is 87.1 Å². The third-order valence-electron chi connectivity index (χ3n) is 0. The summed E-state index contributed by atoms with van der Waals surface area (Å²) in [5, 5.41) is 0. The van der Waals surface area contributed by atoms with Gasteiger partial charge >= 0.3 is 0 Å². The molecule has 0 aliphatic heterocycles. The molecule has 0 aromatic carbocycles. The molecule has 0 aliphatic rings. The van der Waals surface area contributed by atoms with Crippen molar-refractivity contribution in [2.45, 2.75) is 0 Å². The first-order valence-electron chi connectivity index (χ1n) is 0. The molecule has 0 bridgehead atoms. The SMILES string of the molecule is [Co].[Nb].[Ti].[Zr]. The van der Waals surface area contributed by atoms with Gasteiger partial charge in [-0.2, -0.15) is 0 Å². The molecule has 0 N–H and O–H groups in total. The topological polar surface area (TPSA) is 0 Å². The summed E-state index contributed by atoms with van der Waals surface area (Å²) in [5.74, 6) is 0. The standard InChI is InChI=1S/Co.Nb.Ti.Zr. The van der Waals surface area contributed by atoms with Crippen molar-refractivity contribution in [1.82, 2.24) is 0 Å². The third kappa shape index (κ3) is 8.85. The molecule has 0 aliphatic carbocycles. The predicted molar refractivity (Wildman–Crippen MR) is 0 cm³/mol. The smallest absolute Gasteiger partial charge is 0 e. The second kappa shape index (κ2) is 17.0. The van der Waals surface area contributed by atoms with Crippen LogP contribution in [-0.2, 0) is 87.1 Å². The Bertz CT molecular complexity index is 8.00. The molecular weight excluding hydrogens is 291 g/mol. The van der Waals surface area contributed by atoms with E-state index in [0.29, 0.717) is 0 Å². The average Bonchev–Trinajstić information content (AvgIpc) is 0. The average molecular weight is 291 g/mol. The first-order chi connectivity index (χ1) is 0. The van der Waals surface area contributed by atoms with Gasteiger partial charge in [0.2, 0.25) is 0 Å². The Hall–Kier alpha value is 2.84. The third-order valence-corrected chi connectivity index (χ3v) is 0. The molecule has 0 saturated heterocycles. The van der Waals surface area contributed by atoms with Crippen LogP contribution in [0.2, 0.25) is 0 Å². The fraction of sp³-hybridized carbons (Fsp3) is 0. The van der Waals surface area contributed by atoms with Gasteiger partial charge in [0.1, 0.15) is 0 Å². The Kier molecular flexibility index (Phi) is 122. The monoisotopic (exact) mass is 290 g/mol. The van der Waals surface area contributed by atoms with Crippen LogP contribution in [0.5, 0.6) is 0 Å². The van der Waals surface area contributed by atoms with Gasteiger partial charge < -0.3 is 0 Å². The van der Waals surface area contributed by atoms with Crippen molar-refractivity contribution >= 4 is 0 Å². The fourth-order valence-corrected chi connectivity index (χ4v) is 0. The van der Waals surface area contributed by atoms with Gasteiger partial charge in [-0.3, -0.25) is 0 Å². The minimum absolute atomic E-state index is 0. The van der Waals surface area contributed by atoms with Crippen molar-refractivity contribution in [3.05, 3.63) is 0 Å². The maximum Gasteiger partial charge on any atom is 0 e. The van der Waals surface area contributed by atoms with Crippen LogP contribution in [-0.4, -0.2) is 0 Å². The van der Waals surface area contributed by atoms with Crippen LogP contribution in [0.1, 0.15) is 0 Å². The van der Waals surface area contributed by atoms with Gasteiger partial charge in [0.25, 0.3) is 0 Å². The molecule has 0 aromatic rings. The molecule has 0 fully saturated rings. The van der Waals surface area contributed by atoms with E-state index in [-0.39, 0.29) is 87.1 Å². The number of rotatable bonds is 0. The van der Waals surface area contributed by atoms with Crippen molar-refractivity contribution in [3.63, 3.8) is 0 Å². The molecule has 4 heteroatoms. The Morgan fingerprint density at radius 2 is 1.00 bits per heavy atom. The molecule has 0 rings (SSSR count). The van der Waals surface area contributed by atoms with Gasteiger partial charge in [0.05, 0.1) is 0 Å². The van der Waals surface area contributed by atoms with Crippen molar-refractivity contribution < 1.29 is 87.1 Å². The second-order valence-corrected chi connectivity index (χ2v) is 0. The molecule has 0 atom stereocenters. The van der Waals surface area contributed by atoms with E-state index < -0.39 is 0 Å².